The molecule has 104 valence electrons. The van der Waals surface area contributed by atoms with Crippen molar-refractivity contribution in [1.82, 2.24) is 5.48 Å². The van der Waals surface area contributed by atoms with Gasteiger partial charge in [-0.15, -0.1) is 0 Å². The van der Waals surface area contributed by atoms with E-state index in [0.29, 0.717) is 0 Å². The van der Waals surface area contributed by atoms with E-state index in [-0.39, 0.29) is 19.8 Å². The molecule has 0 aliphatic heterocycles. The van der Waals surface area contributed by atoms with E-state index < -0.39 is 24.1 Å². The van der Waals surface area contributed by atoms with Gasteiger partial charge in [0.15, 0.2) is 0 Å². The Morgan fingerprint density at radius 2 is 1.33 bits per heavy atom. The van der Waals surface area contributed by atoms with Crippen LogP contribution in [0.25, 0.3) is 0 Å². The zero-order valence-electron chi connectivity index (χ0n) is 10.6. The highest BCUT2D eigenvalue weighted by Crippen LogP contribution is 1.98. The van der Waals surface area contributed by atoms with Crippen LogP contribution >= 0.6 is 0 Å². The molecule has 1 amide bonds. The highest BCUT2D eigenvalue weighted by molar-refractivity contribution is 5.98. The van der Waals surface area contributed by atoms with Crippen LogP contribution in [0, 0.1) is 0 Å². The lowest BCUT2D eigenvalue weighted by atomic mass is 10.4. The molecular weight excluding hydrogens is 246 g/mol. The number of amides is 1. The van der Waals surface area contributed by atoms with Crippen LogP contribution in [0.2, 0.25) is 0 Å². The molecule has 0 unspecified atom stereocenters. The summed E-state index contributed by atoms with van der Waals surface area (Å²) in [5.41, 5.74) is 1.80. The topological polar surface area (TPSA) is 100 Å². The Hall–Kier alpha value is -1.83. The molecular formula is C10H17NO7. The number of carbonyl (C=O) groups excluding carboxylic acids is 3. The molecule has 0 heterocycles. The molecule has 8 heteroatoms. The molecule has 0 rings (SSSR count). The largest absolute Gasteiger partial charge is 0.464 e. The second-order valence-electron chi connectivity index (χ2n) is 2.82. The van der Waals surface area contributed by atoms with Gasteiger partial charge in [0.25, 0.3) is 6.10 Å². The molecule has 0 radical (unpaired) electrons. The fraction of sp³-hybridized carbons (Fsp3) is 0.700. The molecule has 0 aromatic rings. The van der Waals surface area contributed by atoms with Crippen molar-refractivity contribution in [2.24, 2.45) is 0 Å². The fourth-order valence-corrected chi connectivity index (χ4v) is 0.896. The van der Waals surface area contributed by atoms with E-state index in [1.165, 1.54) is 0 Å². The molecule has 0 fully saturated rings. The van der Waals surface area contributed by atoms with E-state index >= 15 is 0 Å². The van der Waals surface area contributed by atoms with Gasteiger partial charge in [0, 0.05) is 0 Å². The van der Waals surface area contributed by atoms with Crippen molar-refractivity contribution >= 4 is 18.0 Å². The summed E-state index contributed by atoms with van der Waals surface area (Å²) in [6.45, 7) is 4.99. The van der Waals surface area contributed by atoms with Gasteiger partial charge in [-0.3, -0.25) is 0 Å². The van der Waals surface area contributed by atoms with E-state index in [1.807, 2.05) is 0 Å². The first kappa shape index (κ1) is 16.2. The first-order valence-corrected chi connectivity index (χ1v) is 5.48. The summed E-state index contributed by atoms with van der Waals surface area (Å²) in [7, 11) is 0. The van der Waals surface area contributed by atoms with Gasteiger partial charge < -0.3 is 14.2 Å². The van der Waals surface area contributed by atoms with Crippen LogP contribution in [0.5, 0.6) is 0 Å². The van der Waals surface area contributed by atoms with Crippen LogP contribution < -0.4 is 5.48 Å². The Balaban J connectivity index is 4.42. The summed E-state index contributed by atoms with van der Waals surface area (Å²) in [5, 5.41) is 0. The van der Waals surface area contributed by atoms with Crippen LogP contribution in [0.4, 0.5) is 4.79 Å². The molecule has 18 heavy (non-hydrogen) atoms. The van der Waals surface area contributed by atoms with Crippen molar-refractivity contribution in [2.45, 2.75) is 26.9 Å². The summed E-state index contributed by atoms with van der Waals surface area (Å²) in [4.78, 5) is 38.3. The summed E-state index contributed by atoms with van der Waals surface area (Å²) in [6, 6.07) is 0. The number of hydroxylamine groups is 1. The molecule has 0 saturated heterocycles. The summed E-state index contributed by atoms with van der Waals surface area (Å²) in [5.74, 6) is -1.90. The number of hydrogen-bond donors (Lipinski definition) is 1. The Bertz CT molecular complexity index is 274. The van der Waals surface area contributed by atoms with Crippen LogP contribution in [0.1, 0.15) is 20.8 Å². The molecule has 0 aliphatic carbocycles. The van der Waals surface area contributed by atoms with Crippen LogP contribution in [-0.2, 0) is 28.6 Å². The van der Waals surface area contributed by atoms with Crippen LogP contribution in [-0.4, -0.2) is 44.0 Å². The monoisotopic (exact) mass is 263 g/mol. The van der Waals surface area contributed by atoms with E-state index in [2.05, 4.69) is 19.0 Å². The van der Waals surface area contributed by atoms with Gasteiger partial charge in [0.2, 0.25) is 0 Å². The third-order valence-corrected chi connectivity index (χ3v) is 1.54. The summed E-state index contributed by atoms with van der Waals surface area (Å²) >= 11 is 0. The number of nitrogens with one attached hydrogen (secondary N) is 1. The van der Waals surface area contributed by atoms with Crippen molar-refractivity contribution < 1.29 is 33.4 Å². The van der Waals surface area contributed by atoms with Crippen LogP contribution in [0.3, 0.4) is 0 Å². The second-order valence-corrected chi connectivity index (χ2v) is 2.82. The van der Waals surface area contributed by atoms with Crippen molar-refractivity contribution in [1.29, 1.82) is 0 Å². The average molecular weight is 263 g/mol. The van der Waals surface area contributed by atoms with Crippen LogP contribution in [0.15, 0.2) is 0 Å². The SMILES string of the molecule is CCOC(=O)NOC(C(=O)OCC)C(=O)OCC. The molecule has 1 N–H and O–H groups in total. The molecule has 0 bridgehead atoms. The molecule has 0 aromatic carbocycles. The zero-order chi connectivity index (χ0) is 14.0. The fourth-order valence-electron chi connectivity index (χ4n) is 0.896. The van der Waals surface area contributed by atoms with Gasteiger partial charge in [-0.25, -0.2) is 19.2 Å². The Kier molecular flexibility index (Phi) is 8.29. The highest BCUT2D eigenvalue weighted by atomic mass is 16.7. The van der Waals surface area contributed by atoms with E-state index in [1.54, 1.807) is 26.3 Å². The first-order valence-electron chi connectivity index (χ1n) is 5.48. The predicted molar refractivity (Wildman–Crippen MR) is 58.3 cm³/mol. The van der Waals surface area contributed by atoms with E-state index in [4.69, 9.17) is 0 Å². The minimum absolute atomic E-state index is 0.0670. The maximum absolute atomic E-state index is 11.4. The van der Waals surface area contributed by atoms with Gasteiger partial charge in [-0.05, 0) is 20.8 Å². The van der Waals surface area contributed by atoms with Crippen molar-refractivity contribution in [2.75, 3.05) is 19.8 Å². The molecule has 0 atom stereocenters. The maximum atomic E-state index is 11.4. The van der Waals surface area contributed by atoms with Crippen molar-refractivity contribution in [3.8, 4) is 0 Å². The maximum Gasteiger partial charge on any atom is 0.431 e. The minimum Gasteiger partial charge on any atom is -0.464 e. The normalized spacial score (nSPS) is 9.78. The number of rotatable bonds is 7. The predicted octanol–water partition coefficient (Wildman–Crippen LogP) is 0.159. The molecule has 0 aliphatic rings. The van der Waals surface area contributed by atoms with Gasteiger partial charge >= 0.3 is 18.0 Å². The van der Waals surface area contributed by atoms with Crippen molar-refractivity contribution in [3.63, 3.8) is 0 Å². The summed E-state index contributed by atoms with van der Waals surface area (Å²) in [6.07, 6.45) is -2.59. The first-order chi connectivity index (χ1) is 8.56. The quantitative estimate of drug-likeness (QED) is 0.302. The molecule has 0 aromatic heterocycles. The van der Waals surface area contributed by atoms with Gasteiger partial charge in [0.1, 0.15) is 0 Å². The molecule has 0 spiro atoms. The highest BCUT2D eigenvalue weighted by Gasteiger charge is 2.32. The number of hydrogen-bond acceptors (Lipinski definition) is 7. The van der Waals surface area contributed by atoms with Gasteiger partial charge in [0.05, 0.1) is 19.8 Å². The number of carbonyl (C=O) groups is 3. The van der Waals surface area contributed by atoms with Gasteiger partial charge in [-0.1, -0.05) is 0 Å². The Labute approximate surface area is 104 Å². The van der Waals surface area contributed by atoms with E-state index in [9.17, 15) is 14.4 Å². The van der Waals surface area contributed by atoms with E-state index in [0.717, 1.165) is 0 Å². The lowest BCUT2D eigenvalue weighted by molar-refractivity contribution is -0.177. The lowest BCUT2D eigenvalue weighted by Crippen LogP contribution is -2.42. The lowest BCUT2D eigenvalue weighted by Gasteiger charge is -2.14. The summed E-state index contributed by atoms with van der Waals surface area (Å²) < 4.78 is 13.7. The third kappa shape index (κ3) is 6.04. The zero-order valence-corrected chi connectivity index (χ0v) is 10.6. The van der Waals surface area contributed by atoms with Crippen molar-refractivity contribution in [3.05, 3.63) is 0 Å². The smallest absolute Gasteiger partial charge is 0.431 e. The minimum atomic E-state index is -1.67. The van der Waals surface area contributed by atoms with Gasteiger partial charge in [-0.2, -0.15) is 5.48 Å². The Morgan fingerprint density at radius 3 is 1.72 bits per heavy atom. The Morgan fingerprint density at radius 1 is 0.889 bits per heavy atom. The average Bonchev–Trinajstić information content (AvgIpc) is 2.30. The standard InChI is InChI=1S/C10H17NO7/c1-4-15-8(12)7(9(13)16-5-2)18-11-10(14)17-6-3/h7H,4-6H2,1-3H3,(H,11,14). The second kappa shape index (κ2) is 9.23. The molecule has 0 saturated carbocycles. The molecule has 8 nitrogen and oxygen atoms in total. The number of esters is 2. The number of ether oxygens (including phenoxy) is 3. The third-order valence-electron chi connectivity index (χ3n) is 1.54.